The van der Waals surface area contributed by atoms with Gasteiger partial charge in [-0.25, -0.2) is 0 Å². The lowest BCUT2D eigenvalue weighted by Crippen LogP contribution is -2.49. The van der Waals surface area contributed by atoms with Gasteiger partial charge in [-0.1, -0.05) is 12.1 Å². The van der Waals surface area contributed by atoms with Crippen LogP contribution in [-0.4, -0.2) is 52.9 Å². The van der Waals surface area contributed by atoms with Gasteiger partial charge in [-0.15, -0.1) is 0 Å². The summed E-state index contributed by atoms with van der Waals surface area (Å²) in [5, 5.41) is 0. The van der Waals surface area contributed by atoms with E-state index in [1.807, 2.05) is 0 Å². The van der Waals surface area contributed by atoms with Crippen LogP contribution in [0.5, 0.6) is 0 Å². The van der Waals surface area contributed by atoms with Crippen molar-refractivity contribution >= 4 is 0 Å². The first-order chi connectivity index (χ1) is 12.7. The van der Waals surface area contributed by atoms with E-state index in [0.29, 0.717) is 0 Å². The molecule has 138 valence electrons. The van der Waals surface area contributed by atoms with Gasteiger partial charge in [0.05, 0.1) is 52.9 Å². The predicted molar refractivity (Wildman–Crippen MR) is 94.3 cm³/mol. The third-order valence-corrected chi connectivity index (χ3v) is 8.99. The first kappa shape index (κ1) is 15.0. The summed E-state index contributed by atoms with van der Waals surface area (Å²) in [5.41, 5.74) is 7.20. The second-order valence-electron chi connectivity index (χ2n) is 10.1. The number of ether oxygens (including phenoxy) is 4. The highest BCUT2D eigenvalue weighted by Gasteiger charge is 2.64. The smallest absolute Gasteiger partial charge is 0.0555 e. The van der Waals surface area contributed by atoms with Crippen LogP contribution in [0.2, 0.25) is 0 Å². The largest absolute Gasteiger partial charge is 0.380 e. The lowest BCUT2D eigenvalue weighted by molar-refractivity contribution is 0.0774. The minimum absolute atomic E-state index is 0.208. The molecule has 0 aromatic heterocycles. The van der Waals surface area contributed by atoms with Crippen molar-refractivity contribution < 1.29 is 18.9 Å². The van der Waals surface area contributed by atoms with Gasteiger partial charge in [-0.05, 0) is 47.9 Å². The normalized spacial score (nSPS) is 47.7. The average Bonchev–Trinajstić information content (AvgIpc) is 3.33. The second-order valence-corrected chi connectivity index (χ2v) is 10.1. The predicted octanol–water partition coefficient (Wildman–Crippen LogP) is 1.95. The van der Waals surface area contributed by atoms with Crippen LogP contribution in [0.15, 0.2) is 12.1 Å². The fourth-order valence-corrected chi connectivity index (χ4v) is 7.28. The molecule has 0 bridgehead atoms. The average molecular weight is 354 g/mol. The summed E-state index contributed by atoms with van der Waals surface area (Å²) in [6.45, 7) is 6.98. The molecule has 0 amide bonds. The Morgan fingerprint density at radius 2 is 0.769 bits per heavy atom. The van der Waals surface area contributed by atoms with Crippen LogP contribution < -0.4 is 0 Å². The van der Waals surface area contributed by atoms with Crippen molar-refractivity contribution in [1.82, 2.24) is 0 Å². The van der Waals surface area contributed by atoms with Gasteiger partial charge in [0.2, 0.25) is 0 Å². The van der Waals surface area contributed by atoms with Gasteiger partial charge in [-0.2, -0.15) is 0 Å². The Morgan fingerprint density at radius 1 is 0.462 bits per heavy atom. The summed E-state index contributed by atoms with van der Waals surface area (Å²) in [6, 6.07) is 4.83. The molecule has 0 atom stereocenters. The minimum atomic E-state index is 0.208. The van der Waals surface area contributed by atoms with Crippen molar-refractivity contribution in [2.24, 2.45) is 21.7 Å². The number of fused-ring (bicyclic) bond motifs is 3. The van der Waals surface area contributed by atoms with E-state index < -0.39 is 0 Å². The molecule has 4 heterocycles. The van der Waals surface area contributed by atoms with Crippen molar-refractivity contribution in [1.29, 1.82) is 0 Å². The maximum Gasteiger partial charge on any atom is 0.0555 e. The van der Waals surface area contributed by atoms with Crippen molar-refractivity contribution in [3.63, 3.8) is 0 Å². The van der Waals surface area contributed by atoms with E-state index in [4.69, 9.17) is 18.9 Å². The van der Waals surface area contributed by atoms with Gasteiger partial charge in [0, 0.05) is 21.7 Å². The van der Waals surface area contributed by atoms with Crippen LogP contribution in [0.4, 0.5) is 0 Å². The molecule has 4 heteroatoms. The van der Waals surface area contributed by atoms with Gasteiger partial charge in [0.1, 0.15) is 0 Å². The van der Waals surface area contributed by atoms with Gasteiger partial charge in [0.25, 0.3) is 0 Å². The summed E-state index contributed by atoms with van der Waals surface area (Å²) in [6.07, 6.45) is 4.52. The van der Waals surface area contributed by atoms with E-state index in [1.54, 1.807) is 22.3 Å². The molecule has 6 aliphatic rings. The van der Waals surface area contributed by atoms with Crippen LogP contribution in [0.25, 0.3) is 0 Å². The van der Waals surface area contributed by atoms with E-state index >= 15 is 0 Å². The van der Waals surface area contributed by atoms with Crippen molar-refractivity contribution in [2.45, 2.75) is 25.7 Å². The molecule has 1 aromatic rings. The maximum atomic E-state index is 6.03. The molecule has 0 unspecified atom stereocenters. The molecule has 7 rings (SSSR count). The summed E-state index contributed by atoms with van der Waals surface area (Å²) in [5.74, 6) is 0. The topological polar surface area (TPSA) is 36.9 Å². The van der Waals surface area contributed by atoms with Crippen LogP contribution in [0.1, 0.15) is 22.3 Å². The Bertz CT molecular complexity index is 726. The third kappa shape index (κ3) is 1.52. The highest BCUT2D eigenvalue weighted by Crippen LogP contribution is 2.61. The Morgan fingerprint density at radius 3 is 1.12 bits per heavy atom. The quantitative estimate of drug-likeness (QED) is 0.714. The molecule has 0 spiro atoms. The van der Waals surface area contributed by atoms with Gasteiger partial charge >= 0.3 is 0 Å². The zero-order valence-corrected chi connectivity index (χ0v) is 15.3. The number of rotatable bonds is 0. The van der Waals surface area contributed by atoms with Crippen molar-refractivity contribution in [3.8, 4) is 0 Å². The molecule has 0 radical (unpaired) electrons. The molecule has 1 aromatic carbocycles. The van der Waals surface area contributed by atoms with Crippen LogP contribution in [0.3, 0.4) is 0 Å². The SMILES string of the molecule is c1cc2c(c3c1CC14COCC1(COC4)C3)CC13COCC1(COC3)C2. The summed E-state index contributed by atoms with van der Waals surface area (Å²) < 4.78 is 24.1. The molecule has 0 saturated carbocycles. The molecular weight excluding hydrogens is 328 g/mol. The zero-order valence-electron chi connectivity index (χ0n) is 15.3. The fraction of sp³-hybridized carbons (Fsp3) is 0.727. The summed E-state index contributed by atoms with van der Waals surface area (Å²) in [7, 11) is 0. The van der Waals surface area contributed by atoms with Crippen molar-refractivity contribution in [2.75, 3.05) is 52.9 Å². The third-order valence-electron chi connectivity index (χ3n) is 8.99. The Kier molecular flexibility index (Phi) is 2.63. The lowest BCUT2D eigenvalue weighted by Gasteiger charge is -2.46. The molecule has 4 aliphatic heterocycles. The Balaban J connectivity index is 1.38. The summed E-state index contributed by atoms with van der Waals surface area (Å²) in [4.78, 5) is 0. The highest BCUT2D eigenvalue weighted by molar-refractivity contribution is 5.49. The first-order valence-corrected chi connectivity index (χ1v) is 10.1. The molecule has 4 nitrogen and oxygen atoms in total. The number of hydrogen-bond acceptors (Lipinski definition) is 4. The van der Waals surface area contributed by atoms with Crippen LogP contribution in [-0.2, 0) is 44.6 Å². The Hall–Kier alpha value is -0.940. The number of hydrogen-bond donors (Lipinski definition) is 0. The monoisotopic (exact) mass is 354 g/mol. The highest BCUT2D eigenvalue weighted by atomic mass is 16.5. The van der Waals surface area contributed by atoms with E-state index in [-0.39, 0.29) is 21.7 Å². The molecule has 4 fully saturated rings. The second kappa shape index (κ2) is 4.54. The molecule has 26 heavy (non-hydrogen) atoms. The molecule has 4 saturated heterocycles. The first-order valence-electron chi connectivity index (χ1n) is 10.1. The summed E-state index contributed by atoms with van der Waals surface area (Å²) >= 11 is 0. The van der Waals surface area contributed by atoms with Crippen LogP contribution >= 0.6 is 0 Å². The fourth-order valence-electron chi connectivity index (χ4n) is 7.28. The standard InChI is InChI=1S/C22H26O4/c1-2-16-4-20-9-25-13-22(20,14-26-10-20)6-18(16)17-5-21-11-23-7-19(21,3-15(1)17)8-24-12-21/h1-2H,3-14H2. The van der Waals surface area contributed by atoms with Crippen LogP contribution in [0, 0.1) is 21.7 Å². The minimum Gasteiger partial charge on any atom is -0.380 e. The van der Waals surface area contributed by atoms with E-state index in [2.05, 4.69) is 12.1 Å². The van der Waals surface area contributed by atoms with Gasteiger partial charge < -0.3 is 18.9 Å². The van der Waals surface area contributed by atoms with Gasteiger partial charge in [0.15, 0.2) is 0 Å². The molecular formula is C22H26O4. The molecule has 0 N–H and O–H groups in total. The van der Waals surface area contributed by atoms with E-state index in [9.17, 15) is 0 Å². The van der Waals surface area contributed by atoms with E-state index in [0.717, 1.165) is 78.5 Å². The Labute approximate surface area is 154 Å². The number of benzene rings is 1. The van der Waals surface area contributed by atoms with Gasteiger partial charge in [-0.3, -0.25) is 0 Å². The van der Waals surface area contributed by atoms with Crippen molar-refractivity contribution in [3.05, 3.63) is 34.4 Å². The zero-order chi connectivity index (χ0) is 17.0. The lowest BCUT2D eigenvalue weighted by atomic mass is 9.54. The molecule has 2 aliphatic carbocycles. The maximum absolute atomic E-state index is 6.03. The van der Waals surface area contributed by atoms with E-state index in [1.165, 1.54) is 0 Å².